The van der Waals surface area contributed by atoms with Crippen LogP contribution in [0.4, 0.5) is 0 Å². The first-order valence-electron chi connectivity index (χ1n) is 4.11. The minimum atomic E-state index is 0.133. The number of halogens is 1. The van der Waals surface area contributed by atoms with Crippen LogP contribution < -0.4 is 4.74 Å². The molecular formula is C8H7ClN4OS. The Bertz CT molecular complexity index is 448. The van der Waals surface area contributed by atoms with Gasteiger partial charge in [-0.05, 0) is 11.6 Å². The molecule has 0 aliphatic carbocycles. The summed E-state index contributed by atoms with van der Waals surface area (Å²) in [6.45, 7) is 0. The van der Waals surface area contributed by atoms with Crippen molar-refractivity contribution < 1.29 is 4.74 Å². The van der Waals surface area contributed by atoms with Crippen LogP contribution in [-0.4, -0.2) is 27.0 Å². The summed E-state index contributed by atoms with van der Waals surface area (Å²) < 4.78 is 4.89. The Labute approximate surface area is 95.2 Å². The fourth-order valence-corrected chi connectivity index (χ4v) is 1.80. The van der Waals surface area contributed by atoms with Crippen LogP contribution in [0.1, 0.15) is 10.8 Å². The van der Waals surface area contributed by atoms with Crippen molar-refractivity contribution in [3.05, 3.63) is 27.7 Å². The molecule has 2 heterocycles. The van der Waals surface area contributed by atoms with Gasteiger partial charge in [-0.2, -0.15) is 9.97 Å². The standard InChI is InChI=1S/C8H7ClN4OS/c1-14-8-12-5(11-7(9)13-8)4-6-10-2-3-15-6/h2-3H,4H2,1H3. The van der Waals surface area contributed by atoms with Crippen LogP contribution >= 0.6 is 22.9 Å². The number of ether oxygens (including phenoxy) is 1. The van der Waals surface area contributed by atoms with Crippen molar-refractivity contribution >= 4 is 22.9 Å². The summed E-state index contributed by atoms with van der Waals surface area (Å²) in [5.74, 6) is 0.557. The van der Waals surface area contributed by atoms with E-state index in [1.165, 1.54) is 7.11 Å². The zero-order valence-corrected chi connectivity index (χ0v) is 9.42. The smallest absolute Gasteiger partial charge is 0.320 e. The fourth-order valence-electron chi connectivity index (χ4n) is 1.02. The van der Waals surface area contributed by atoms with Crippen molar-refractivity contribution in [2.45, 2.75) is 6.42 Å². The Balaban J connectivity index is 2.24. The molecule has 0 spiro atoms. The Hall–Kier alpha value is -1.27. The normalized spacial score (nSPS) is 10.3. The molecule has 0 aliphatic rings. The maximum absolute atomic E-state index is 5.71. The summed E-state index contributed by atoms with van der Waals surface area (Å²) in [4.78, 5) is 16.0. The lowest BCUT2D eigenvalue weighted by Crippen LogP contribution is -2.01. The molecule has 2 aromatic rings. The fraction of sp³-hybridized carbons (Fsp3) is 0.250. The molecule has 0 unspecified atom stereocenters. The van der Waals surface area contributed by atoms with Crippen LogP contribution in [-0.2, 0) is 6.42 Å². The molecule has 0 aliphatic heterocycles. The Morgan fingerprint density at radius 2 is 2.27 bits per heavy atom. The van der Waals surface area contributed by atoms with E-state index in [9.17, 15) is 0 Å². The van der Waals surface area contributed by atoms with E-state index in [0.29, 0.717) is 12.2 Å². The van der Waals surface area contributed by atoms with Crippen molar-refractivity contribution in [1.82, 2.24) is 19.9 Å². The van der Waals surface area contributed by atoms with Crippen LogP contribution in [0.25, 0.3) is 0 Å². The Kier molecular flexibility index (Phi) is 3.08. The third-order valence-electron chi connectivity index (χ3n) is 1.61. The minimum absolute atomic E-state index is 0.133. The number of hydrogen-bond acceptors (Lipinski definition) is 6. The number of thiazole rings is 1. The van der Waals surface area contributed by atoms with Gasteiger partial charge in [-0.15, -0.1) is 11.3 Å². The first kappa shape index (κ1) is 10.3. The molecule has 5 nitrogen and oxygen atoms in total. The maximum atomic E-state index is 5.71. The molecule has 0 aromatic carbocycles. The Morgan fingerprint density at radius 1 is 1.40 bits per heavy atom. The lowest BCUT2D eigenvalue weighted by atomic mass is 10.4. The second kappa shape index (κ2) is 4.50. The molecule has 0 saturated heterocycles. The van der Waals surface area contributed by atoms with Gasteiger partial charge >= 0.3 is 6.01 Å². The molecule has 7 heteroatoms. The molecule has 0 N–H and O–H groups in total. The Morgan fingerprint density at radius 3 is 2.93 bits per heavy atom. The SMILES string of the molecule is COc1nc(Cl)nc(Cc2nccs2)n1. The van der Waals surface area contributed by atoms with E-state index in [4.69, 9.17) is 16.3 Å². The number of hydrogen-bond donors (Lipinski definition) is 0. The van der Waals surface area contributed by atoms with Gasteiger partial charge in [0, 0.05) is 11.6 Å². The molecule has 0 saturated carbocycles. The van der Waals surface area contributed by atoms with E-state index in [2.05, 4.69) is 19.9 Å². The van der Waals surface area contributed by atoms with Gasteiger partial charge in [0.05, 0.1) is 13.5 Å². The van der Waals surface area contributed by atoms with Crippen LogP contribution in [0, 0.1) is 0 Å². The topological polar surface area (TPSA) is 60.8 Å². The predicted molar refractivity (Wildman–Crippen MR) is 56.3 cm³/mol. The molecule has 0 atom stereocenters. The van der Waals surface area contributed by atoms with Crippen molar-refractivity contribution in [3.8, 4) is 6.01 Å². The molecule has 0 amide bonds. The summed E-state index contributed by atoms with van der Waals surface area (Å²) >= 11 is 7.25. The van der Waals surface area contributed by atoms with Crippen LogP contribution in [0.15, 0.2) is 11.6 Å². The van der Waals surface area contributed by atoms with E-state index in [1.807, 2.05) is 5.38 Å². The number of rotatable bonds is 3. The highest BCUT2D eigenvalue weighted by Crippen LogP contribution is 2.12. The van der Waals surface area contributed by atoms with Crippen molar-refractivity contribution in [2.24, 2.45) is 0 Å². The highest BCUT2D eigenvalue weighted by molar-refractivity contribution is 7.09. The molecule has 0 bridgehead atoms. The summed E-state index contributed by atoms with van der Waals surface area (Å²) in [6.07, 6.45) is 2.27. The molecule has 0 radical (unpaired) electrons. The van der Waals surface area contributed by atoms with Crippen LogP contribution in [0.3, 0.4) is 0 Å². The summed E-state index contributed by atoms with van der Waals surface area (Å²) in [6, 6.07) is 0.224. The van der Waals surface area contributed by atoms with E-state index in [0.717, 1.165) is 5.01 Å². The van der Waals surface area contributed by atoms with Crippen molar-refractivity contribution in [1.29, 1.82) is 0 Å². The molecular weight excluding hydrogens is 236 g/mol. The van der Waals surface area contributed by atoms with E-state index >= 15 is 0 Å². The lowest BCUT2D eigenvalue weighted by molar-refractivity contribution is 0.376. The summed E-state index contributed by atoms with van der Waals surface area (Å²) in [5.41, 5.74) is 0. The highest BCUT2D eigenvalue weighted by Gasteiger charge is 2.07. The largest absolute Gasteiger partial charge is 0.467 e. The predicted octanol–water partition coefficient (Wildman–Crippen LogP) is 1.58. The van der Waals surface area contributed by atoms with Gasteiger partial charge in [-0.25, -0.2) is 9.97 Å². The third kappa shape index (κ3) is 2.60. The van der Waals surface area contributed by atoms with Crippen molar-refractivity contribution in [3.63, 3.8) is 0 Å². The zero-order valence-electron chi connectivity index (χ0n) is 7.85. The monoisotopic (exact) mass is 242 g/mol. The zero-order chi connectivity index (χ0) is 10.7. The molecule has 15 heavy (non-hydrogen) atoms. The van der Waals surface area contributed by atoms with Crippen LogP contribution in [0.2, 0.25) is 5.28 Å². The molecule has 2 rings (SSSR count). The molecule has 0 fully saturated rings. The van der Waals surface area contributed by atoms with Crippen LogP contribution in [0.5, 0.6) is 6.01 Å². The number of nitrogens with zero attached hydrogens (tertiary/aromatic N) is 4. The second-order valence-corrected chi connectivity index (χ2v) is 3.93. The quantitative estimate of drug-likeness (QED) is 0.818. The minimum Gasteiger partial charge on any atom is -0.467 e. The van der Waals surface area contributed by atoms with Crippen molar-refractivity contribution in [2.75, 3.05) is 7.11 Å². The van der Waals surface area contributed by atoms with Gasteiger partial charge in [0.15, 0.2) is 0 Å². The summed E-state index contributed by atoms with van der Waals surface area (Å²) in [5, 5.41) is 2.96. The van der Waals surface area contributed by atoms with E-state index in [1.54, 1.807) is 17.5 Å². The first-order valence-corrected chi connectivity index (χ1v) is 5.36. The number of methoxy groups -OCH3 is 1. The lowest BCUT2D eigenvalue weighted by Gasteiger charge is -2.00. The van der Waals surface area contributed by atoms with Gasteiger partial charge < -0.3 is 4.74 Å². The third-order valence-corrected chi connectivity index (χ3v) is 2.56. The number of aromatic nitrogens is 4. The average molecular weight is 243 g/mol. The first-order chi connectivity index (χ1) is 7.28. The highest BCUT2D eigenvalue weighted by atomic mass is 35.5. The second-order valence-electron chi connectivity index (χ2n) is 2.61. The molecule has 78 valence electrons. The van der Waals surface area contributed by atoms with Gasteiger partial charge in [0.2, 0.25) is 5.28 Å². The van der Waals surface area contributed by atoms with Gasteiger partial charge in [0.1, 0.15) is 10.8 Å². The summed E-state index contributed by atoms with van der Waals surface area (Å²) in [7, 11) is 1.48. The maximum Gasteiger partial charge on any atom is 0.320 e. The molecule has 2 aromatic heterocycles. The van der Waals surface area contributed by atoms with Gasteiger partial charge in [0.25, 0.3) is 0 Å². The van der Waals surface area contributed by atoms with Gasteiger partial charge in [-0.1, -0.05) is 0 Å². The average Bonchev–Trinajstić information content (AvgIpc) is 2.69. The van der Waals surface area contributed by atoms with E-state index in [-0.39, 0.29) is 11.3 Å². The van der Waals surface area contributed by atoms with E-state index < -0.39 is 0 Å². The van der Waals surface area contributed by atoms with Gasteiger partial charge in [-0.3, -0.25) is 0 Å².